The van der Waals surface area contributed by atoms with Crippen molar-refractivity contribution in [1.29, 1.82) is 0 Å². The third-order valence-corrected chi connectivity index (χ3v) is 2.50. The van der Waals surface area contributed by atoms with Crippen LogP contribution in [0.25, 0.3) is 0 Å². The number of hydrogen-bond donors (Lipinski definition) is 1. The zero-order valence-electron chi connectivity index (χ0n) is 8.59. The second-order valence-electron chi connectivity index (χ2n) is 3.77. The molecule has 0 heterocycles. The lowest BCUT2D eigenvalue weighted by Crippen LogP contribution is -2.53. The Morgan fingerprint density at radius 1 is 1.06 bits per heavy atom. The van der Waals surface area contributed by atoms with Crippen LogP contribution in [0.1, 0.15) is 25.7 Å². The first-order valence-corrected chi connectivity index (χ1v) is 4.89. The number of halogens is 4. The van der Waals surface area contributed by atoms with E-state index in [4.69, 9.17) is 5.11 Å². The molecule has 0 saturated heterocycles. The van der Waals surface area contributed by atoms with Gasteiger partial charge in [0, 0.05) is 0 Å². The number of hydrogen-bond acceptors (Lipinski definition) is 3. The van der Waals surface area contributed by atoms with Crippen LogP contribution in [0, 0.1) is 0 Å². The Morgan fingerprint density at radius 3 is 1.94 bits per heavy atom. The minimum atomic E-state index is -5.47. The summed E-state index contributed by atoms with van der Waals surface area (Å²) in [5, 5.41) is 7.95. The van der Waals surface area contributed by atoms with Gasteiger partial charge in [-0.3, -0.25) is 0 Å². The van der Waals surface area contributed by atoms with Gasteiger partial charge in [-0.15, -0.1) is 0 Å². The van der Waals surface area contributed by atoms with E-state index in [1.165, 1.54) is 0 Å². The van der Waals surface area contributed by atoms with E-state index in [9.17, 15) is 27.2 Å². The molecule has 0 bridgehead atoms. The molecular formula is C9H10F4O4. The van der Waals surface area contributed by atoms with Crippen LogP contribution in [0.2, 0.25) is 0 Å². The van der Waals surface area contributed by atoms with E-state index in [2.05, 4.69) is 4.74 Å². The summed E-state index contributed by atoms with van der Waals surface area (Å²) in [6.07, 6.45) is 1.11. The van der Waals surface area contributed by atoms with Crippen LogP contribution in [-0.2, 0) is 14.3 Å². The fourth-order valence-electron chi connectivity index (χ4n) is 1.49. The molecule has 0 atom stereocenters. The van der Waals surface area contributed by atoms with Gasteiger partial charge in [0.25, 0.3) is 0 Å². The number of carbonyl (C=O) groups excluding carboxylic acids is 1. The largest absolute Gasteiger partial charge is 0.477 e. The average molecular weight is 258 g/mol. The number of aliphatic carboxylic acids is 1. The lowest BCUT2D eigenvalue weighted by Gasteiger charge is -2.22. The van der Waals surface area contributed by atoms with Crippen molar-refractivity contribution in [2.45, 2.75) is 43.6 Å². The molecule has 4 nitrogen and oxygen atoms in total. The molecule has 1 aliphatic carbocycles. The van der Waals surface area contributed by atoms with Crippen LogP contribution in [-0.4, -0.2) is 35.0 Å². The van der Waals surface area contributed by atoms with Gasteiger partial charge in [0.05, 0.1) is 0 Å². The van der Waals surface area contributed by atoms with Crippen LogP contribution >= 0.6 is 0 Å². The quantitative estimate of drug-likeness (QED) is 0.617. The first-order chi connectivity index (χ1) is 7.69. The van der Waals surface area contributed by atoms with Crippen molar-refractivity contribution in [1.82, 2.24) is 0 Å². The van der Waals surface area contributed by atoms with Crippen LogP contribution in [0.15, 0.2) is 0 Å². The summed E-state index contributed by atoms with van der Waals surface area (Å²) in [6.45, 7) is 0. The second-order valence-corrected chi connectivity index (χ2v) is 3.77. The summed E-state index contributed by atoms with van der Waals surface area (Å²) in [5.74, 6) is -16.4. The summed E-state index contributed by atoms with van der Waals surface area (Å²) in [6, 6.07) is 0. The van der Waals surface area contributed by atoms with Gasteiger partial charge in [0.1, 0.15) is 6.10 Å². The van der Waals surface area contributed by atoms with Crippen LogP contribution in [0.4, 0.5) is 17.6 Å². The van der Waals surface area contributed by atoms with Gasteiger partial charge < -0.3 is 9.84 Å². The molecule has 17 heavy (non-hydrogen) atoms. The predicted molar refractivity (Wildman–Crippen MR) is 45.9 cm³/mol. The highest BCUT2D eigenvalue weighted by molar-refractivity contribution is 5.89. The van der Waals surface area contributed by atoms with Crippen molar-refractivity contribution in [3.63, 3.8) is 0 Å². The Bertz CT molecular complexity index is 323. The van der Waals surface area contributed by atoms with E-state index in [1.54, 1.807) is 0 Å². The summed E-state index contributed by atoms with van der Waals surface area (Å²) in [7, 11) is 0. The van der Waals surface area contributed by atoms with E-state index >= 15 is 0 Å². The minimum Gasteiger partial charge on any atom is -0.477 e. The van der Waals surface area contributed by atoms with Crippen molar-refractivity contribution in [2.75, 3.05) is 0 Å². The lowest BCUT2D eigenvalue weighted by atomic mass is 10.1. The molecular weight excluding hydrogens is 248 g/mol. The monoisotopic (exact) mass is 258 g/mol. The molecule has 0 aromatic heterocycles. The van der Waals surface area contributed by atoms with Crippen molar-refractivity contribution in [3.8, 4) is 0 Å². The third kappa shape index (κ3) is 2.50. The molecule has 0 amide bonds. The summed E-state index contributed by atoms with van der Waals surface area (Å²) < 4.78 is 55.2. The Balaban J connectivity index is 2.75. The van der Waals surface area contributed by atoms with Crippen LogP contribution in [0.5, 0.6) is 0 Å². The number of ether oxygens (including phenoxy) is 1. The van der Waals surface area contributed by atoms with Crippen molar-refractivity contribution >= 4 is 11.9 Å². The van der Waals surface area contributed by atoms with E-state index in [1.807, 2.05) is 0 Å². The molecule has 98 valence electrons. The summed E-state index contributed by atoms with van der Waals surface area (Å²) >= 11 is 0. The Hall–Kier alpha value is -1.34. The number of carboxylic acids is 1. The molecule has 0 spiro atoms. The van der Waals surface area contributed by atoms with E-state index in [-0.39, 0.29) is 0 Å². The molecule has 1 fully saturated rings. The molecule has 1 aliphatic rings. The molecule has 8 heteroatoms. The highest BCUT2D eigenvalue weighted by Crippen LogP contribution is 2.36. The number of alkyl halides is 4. The van der Waals surface area contributed by atoms with Gasteiger partial charge in [0.2, 0.25) is 0 Å². The van der Waals surface area contributed by atoms with Gasteiger partial charge in [-0.25, -0.2) is 9.59 Å². The van der Waals surface area contributed by atoms with Crippen molar-refractivity contribution < 1.29 is 37.0 Å². The van der Waals surface area contributed by atoms with Gasteiger partial charge in [-0.2, -0.15) is 17.6 Å². The summed E-state index contributed by atoms with van der Waals surface area (Å²) in [4.78, 5) is 20.8. The molecule has 1 N–H and O–H groups in total. The van der Waals surface area contributed by atoms with E-state index in [0.717, 1.165) is 0 Å². The predicted octanol–water partition coefficient (Wildman–Crippen LogP) is 1.83. The standard InChI is InChI=1S/C9H10F4O4/c10-8(11,6(14)15)9(12,13)7(16)17-5-3-1-2-4-5/h5H,1-4H2,(H,14,15). The zero-order valence-corrected chi connectivity index (χ0v) is 8.59. The third-order valence-electron chi connectivity index (χ3n) is 2.50. The molecule has 1 rings (SSSR count). The van der Waals surface area contributed by atoms with Gasteiger partial charge in [-0.05, 0) is 25.7 Å². The molecule has 0 aromatic carbocycles. The Labute approximate surface area is 93.5 Å². The minimum absolute atomic E-state index is 0.320. The summed E-state index contributed by atoms with van der Waals surface area (Å²) in [5.41, 5.74) is 0. The van der Waals surface area contributed by atoms with Crippen molar-refractivity contribution in [3.05, 3.63) is 0 Å². The average Bonchev–Trinajstić information content (AvgIpc) is 2.69. The molecule has 0 aromatic rings. The Kier molecular flexibility index (Phi) is 3.63. The van der Waals surface area contributed by atoms with E-state index in [0.29, 0.717) is 25.7 Å². The number of carbonyl (C=O) groups is 2. The molecule has 0 radical (unpaired) electrons. The van der Waals surface area contributed by atoms with E-state index < -0.39 is 29.9 Å². The first-order valence-electron chi connectivity index (χ1n) is 4.89. The normalized spacial score (nSPS) is 18.1. The van der Waals surface area contributed by atoms with Crippen LogP contribution in [0.3, 0.4) is 0 Å². The van der Waals surface area contributed by atoms with Crippen LogP contribution < -0.4 is 0 Å². The maximum atomic E-state index is 12.9. The van der Waals surface area contributed by atoms with Crippen molar-refractivity contribution in [2.24, 2.45) is 0 Å². The van der Waals surface area contributed by atoms with Gasteiger partial charge >= 0.3 is 23.8 Å². The lowest BCUT2D eigenvalue weighted by molar-refractivity contribution is -0.237. The number of esters is 1. The Morgan fingerprint density at radius 2 is 1.53 bits per heavy atom. The van der Waals surface area contributed by atoms with Gasteiger partial charge in [-0.1, -0.05) is 0 Å². The van der Waals surface area contributed by atoms with Gasteiger partial charge in [0.15, 0.2) is 0 Å². The number of carboxylic acid groups (broad SMARTS) is 1. The highest BCUT2D eigenvalue weighted by atomic mass is 19.3. The maximum Gasteiger partial charge on any atom is 0.415 e. The highest BCUT2D eigenvalue weighted by Gasteiger charge is 2.69. The SMILES string of the molecule is O=C(O)C(F)(F)C(F)(F)C(=O)OC1CCCC1. The topological polar surface area (TPSA) is 63.6 Å². The molecule has 0 unspecified atom stereocenters. The maximum absolute atomic E-state index is 12.9. The second kappa shape index (κ2) is 4.50. The molecule has 0 aliphatic heterocycles. The zero-order chi connectivity index (χ0) is 13.3. The number of rotatable bonds is 4. The fourth-order valence-corrected chi connectivity index (χ4v) is 1.49. The first kappa shape index (κ1) is 13.7. The smallest absolute Gasteiger partial charge is 0.415 e. The molecule has 1 saturated carbocycles. The fraction of sp³-hybridized carbons (Fsp3) is 0.778.